The summed E-state index contributed by atoms with van der Waals surface area (Å²) in [7, 11) is 3.66. The van der Waals surface area contributed by atoms with Gasteiger partial charge in [0.05, 0.1) is 0 Å². The van der Waals surface area contributed by atoms with E-state index in [1.165, 1.54) is 0 Å². The molecular formula is C11H16N2O2. The molecule has 1 aromatic heterocycles. The fraction of sp³-hybridized carbons (Fsp3) is 0.455. The number of rotatable bonds is 6. The molecule has 0 unspecified atom stereocenters. The topological polar surface area (TPSA) is 42.4 Å². The molecule has 0 spiro atoms. The first-order valence-corrected chi connectivity index (χ1v) is 4.89. The third-order valence-corrected chi connectivity index (χ3v) is 2.14. The van der Waals surface area contributed by atoms with Crippen molar-refractivity contribution < 1.29 is 9.53 Å². The molecule has 0 aliphatic carbocycles. The molecule has 0 saturated carbocycles. The number of carbonyl (C=O) groups is 1. The smallest absolute Gasteiger partial charge is 0.151 e. The Balaban J connectivity index is 2.50. The number of anilines is 1. The molecule has 15 heavy (non-hydrogen) atoms. The van der Waals surface area contributed by atoms with Crippen LogP contribution in [-0.4, -0.2) is 38.6 Å². The van der Waals surface area contributed by atoms with E-state index in [9.17, 15) is 4.79 Å². The largest absolute Gasteiger partial charge is 0.385 e. The quantitative estimate of drug-likeness (QED) is 0.523. The highest BCUT2D eigenvalue weighted by Gasteiger charge is 2.01. The molecule has 1 aromatic rings. The van der Waals surface area contributed by atoms with Gasteiger partial charge in [0, 0.05) is 39.1 Å². The first-order valence-electron chi connectivity index (χ1n) is 4.89. The molecule has 0 aliphatic heterocycles. The van der Waals surface area contributed by atoms with Crippen LogP contribution < -0.4 is 4.90 Å². The standard InChI is InChI=1S/C11H16N2O2/c1-13(6-3-7-15-2)11-5-4-10(9-14)8-12-11/h4-5,8-9H,3,6-7H2,1-2H3. The second-order valence-electron chi connectivity index (χ2n) is 3.34. The van der Waals surface area contributed by atoms with Gasteiger partial charge in [0.25, 0.3) is 0 Å². The van der Waals surface area contributed by atoms with Gasteiger partial charge in [0.1, 0.15) is 5.82 Å². The van der Waals surface area contributed by atoms with E-state index >= 15 is 0 Å². The normalized spacial score (nSPS) is 10.0. The van der Waals surface area contributed by atoms with Gasteiger partial charge >= 0.3 is 0 Å². The predicted octanol–water partition coefficient (Wildman–Crippen LogP) is 1.37. The van der Waals surface area contributed by atoms with Crippen LogP contribution in [0.25, 0.3) is 0 Å². The first-order chi connectivity index (χ1) is 7.27. The van der Waals surface area contributed by atoms with E-state index < -0.39 is 0 Å². The fourth-order valence-electron chi connectivity index (χ4n) is 1.25. The zero-order valence-corrected chi connectivity index (χ0v) is 9.14. The van der Waals surface area contributed by atoms with Crippen LogP contribution in [0.4, 0.5) is 5.82 Å². The molecule has 4 heteroatoms. The van der Waals surface area contributed by atoms with Crippen molar-refractivity contribution >= 4 is 12.1 Å². The Bertz CT molecular complexity index is 298. The van der Waals surface area contributed by atoms with Crippen LogP contribution in [0, 0.1) is 0 Å². The highest BCUT2D eigenvalue weighted by Crippen LogP contribution is 2.08. The summed E-state index contributed by atoms with van der Waals surface area (Å²) in [5.41, 5.74) is 0.601. The van der Waals surface area contributed by atoms with Crippen molar-refractivity contribution in [2.24, 2.45) is 0 Å². The Morgan fingerprint density at radius 2 is 2.33 bits per heavy atom. The van der Waals surface area contributed by atoms with Crippen molar-refractivity contribution in [3.63, 3.8) is 0 Å². The van der Waals surface area contributed by atoms with Crippen LogP contribution in [0.2, 0.25) is 0 Å². The van der Waals surface area contributed by atoms with Crippen molar-refractivity contribution in [1.29, 1.82) is 0 Å². The fourth-order valence-corrected chi connectivity index (χ4v) is 1.25. The van der Waals surface area contributed by atoms with Crippen molar-refractivity contribution in [2.45, 2.75) is 6.42 Å². The number of methoxy groups -OCH3 is 1. The highest BCUT2D eigenvalue weighted by atomic mass is 16.5. The average molecular weight is 208 g/mol. The van der Waals surface area contributed by atoms with Crippen molar-refractivity contribution in [1.82, 2.24) is 4.98 Å². The second kappa shape index (κ2) is 6.14. The summed E-state index contributed by atoms with van der Waals surface area (Å²) in [5.74, 6) is 0.872. The summed E-state index contributed by atoms with van der Waals surface area (Å²) in [4.78, 5) is 16.6. The molecule has 4 nitrogen and oxygen atoms in total. The molecule has 0 aliphatic rings. The van der Waals surface area contributed by atoms with Gasteiger partial charge in [-0.25, -0.2) is 4.98 Å². The molecule has 0 saturated heterocycles. The van der Waals surface area contributed by atoms with Gasteiger partial charge in [0.2, 0.25) is 0 Å². The Kier molecular flexibility index (Phi) is 4.77. The highest BCUT2D eigenvalue weighted by molar-refractivity contribution is 5.74. The van der Waals surface area contributed by atoms with Gasteiger partial charge in [-0.1, -0.05) is 0 Å². The summed E-state index contributed by atoms with van der Waals surface area (Å²) >= 11 is 0. The van der Waals surface area contributed by atoms with Gasteiger partial charge in [-0.05, 0) is 18.6 Å². The minimum absolute atomic E-state index is 0.601. The lowest BCUT2D eigenvalue weighted by atomic mass is 10.3. The number of aromatic nitrogens is 1. The van der Waals surface area contributed by atoms with E-state index in [1.807, 2.05) is 18.0 Å². The van der Waals surface area contributed by atoms with E-state index in [1.54, 1.807) is 19.4 Å². The lowest BCUT2D eigenvalue weighted by Gasteiger charge is -2.17. The molecule has 1 heterocycles. The lowest BCUT2D eigenvalue weighted by Crippen LogP contribution is -2.20. The molecular weight excluding hydrogens is 192 g/mol. The third kappa shape index (κ3) is 3.67. The van der Waals surface area contributed by atoms with Crippen LogP contribution in [0.3, 0.4) is 0 Å². The summed E-state index contributed by atoms with van der Waals surface area (Å²) in [6.45, 7) is 1.64. The average Bonchev–Trinajstić information content (AvgIpc) is 2.29. The number of nitrogens with zero attached hydrogens (tertiary/aromatic N) is 2. The van der Waals surface area contributed by atoms with Gasteiger partial charge in [0.15, 0.2) is 6.29 Å². The van der Waals surface area contributed by atoms with Gasteiger partial charge < -0.3 is 9.64 Å². The van der Waals surface area contributed by atoms with Crippen LogP contribution in [0.15, 0.2) is 18.3 Å². The van der Waals surface area contributed by atoms with E-state index in [4.69, 9.17) is 4.74 Å². The Morgan fingerprint density at radius 3 is 2.87 bits per heavy atom. The molecule has 0 bridgehead atoms. The maximum Gasteiger partial charge on any atom is 0.151 e. The minimum atomic E-state index is 0.601. The Labute approximate surface area is 89.9 Å². The number of pyridine rings is 1. The summed E-state index contributed by atoms with van der Waals surface area (Å²) < 4.78 is 4.97. The third-order valence-electron chi connectivity index (χ3n) is 2.14. The molecule has 0 fully saturated rings. The Morgan fingerprint density at radius 1 is 1.53 bits per heavy atom. The number of carbonyl (C=O) groups excluding carboxylic acids is 1. The molecule has 0 aromatic carbocycles. The maximum absolute atomic E-state index is 10.4. The summed E-state index contributed by atoms with van der Waals surface area (Å²) in [6.07, 6.45) is 3.33. The maximum atomic E-state index is 10.4. The molecule has 0 radical (unpaired) electrons. The number of hydrogen-bond acceptors (Lipinski definition) is 4. The van der Waals surface area contributed by atoms with Crippen LogP contribution >= 0.6 is 0 Å². The van der Waals surface area contributed by atoms with Crippen LogP contribution in [-0.2, 0) is 4.74 Å². The lowest BCUT2D eigenvalue weighted by molar-refractivity contribution is 0.112. The molecule has 0 N–H and O–H groups in total. The summed E-state index contributed by atoms with van der Waals surface area (Å²) in [6, 6.07) is 3.61. The zero-order chi connectivity index (χ0) is 11.1. The van der Waals surface area contributed by atoms with Crippen molar-refractivity contribution in [3.8, 4) is 0 Å². The van der Waals surface area contributed by atoms with Crippen molar-refractivity contribution in [2.75, 3.05) is 32.2 Å². The van der Waals surface area contributed by atoms with Crippen LogP contribution in [0.5, 0.6) is 0 Å². The zero-order valence-electron chi connectivity index (χ0n) is 9.14. The van der Waals surface area contributed by atoms with E-state index in [2.05, 4.69) is 4.98 Å². The van der Waals surface area contributed by atoms with E-state index in [-0.39, 0.29) is 0 Å². The molecule has 0 amide bonds. The van der Waals surface area contributed by atoms with Crippen molar-refractivity contribution in [3.05, 3.63) is 23.9 Å². The number of aldehydes is 1. The molecule has 1 rings (SSSR count). The Hall–Kier alpha value is -1.42. The van der Waals surface area contributed by atoms with E-state index in [0.29, 0.717) is 5.56 Å². The van der Waals surface area contributed by atoms with Gasteiger partial charge in [-0.15, -0.1) is 0 Å². The number of ether oxygens (including phenoxy) is 1. The predicted molar refractivity (Wildman–Crippen MR) is 59.4 cm³/mol. The number of hydrogen-bond donors (Lipinski definition) is 0. The second-order valence-corrected chi connectivity index (χ2v) is 3.34. The minimum Gasteiger partial charge on any atom is -0.385 e. The van der Waals surface area contributed by atoms with Gasteiger partial charge in [-0.2, -0.15) is 0 Å². The molecule has 0 atom stereocenters. The SMILES string of the molecule is COCCCN(C)c1ccc(C=O)cn1. The molecule has 82 valence electrons. The van der Waals surface area contributed by atoms with Crippen LogP contribution in [0.1, 0.15) is 16.8 Å². The monoisotopic (exact) mass is 208 g/mol. The first kappa shape index (κ1) is 11.7. The summed E-state index contributed by atoms with van der Waals surface area (Å²) in [5, 5.41) is 0. The van der Waals surface area contributed by atoms with Gasteiger partial charge in [-0.3, -0.25) is 4.79 Å². The van der Waals surface area contributed by atoms with E-state index in [0.717, 1.165) is 31.7 Å².